The van der Waals surface area contributed by atoms with E-state index in [1.54, 1.807) is 12.1 Å². The monoisotopic (exact) mass is 318 g/mol. The van der Waals surface area contributed by atoms with E-state index in [4.69, 9.17) is 0 Å². The van der Waals surface area contributed by atoms with Crippen LogP contribution in [0.4, 0.5) is 4.39 Å². The Bertz CT molecular complexity index is 774. The Hall–Kier alpha value is -1.92. The summed E-state index contributed by atoms with van der Waals surface area (Å²) >= 11 is 1.40. The van der Waals surface area contributed by atoms with Gasteiger partial charge in [-0.15, -0.1) is 10.2 Å². The second-order valence-corrected chi connectivity index (χ2v) is 6.83. The number of nitrogens with zero attached hydrogens (tertiary/aromatic N) is 2. The summed E-state index contributed by atoms with van der Waals surface area (Å²) in [5.74, 6) is -0.142. The van der Waals surface area contributed by atoms with Crippen LogP contribution in [0.25, 0.3) is 10.6 Å². The molecule has 3 nitrogen and oxygen atoms in total. The summed E-state index contributed by atoms with van der Waals surface area (Å²) in [7, 11) is -1.32. The van der Waals surface area contributed by atoms with Crippen LogP contribution in [0, 0.1) is 5.82 Å². The van der Waals surface area contributed by atoms with E-state index >= 15 is 0 Å². The first-order valence-corrected chi connectivity index (χ1v) is 8.37. The van der Waals surface area contributed by atoms with Gasteiger partial charge in [0.15, 0.2) is 0 Å². The molecular weight excluding hydrogens is 307 g/mol. The Kier molecular flexibility index (Phi) is 4.17. The highest BCUT2D eigenvalue weighted by Gasteiger charge is 2.11. The molecule has 0 N–H and O–H groups in total. The quantitative estimate of drug-likeness (QED) is 0.737. The Morgan fingerprint density at radius 3 is 2.62 bits per heavy atom. The molecule has 0 aliphatic carbocycles. The van der Waals surface area contributed by atoms with Gasteiger partial charge in [0.05, 0.1) is 16.6 Å². The maximum atomic E-state index is 13.1. The Morgan fingerprint density at radius 2 is 1.86 bits per heavy atom. The van der Waals surface area contributed by atoms with Crippen molar-refractivity contribution in [2.45, 2.75) is 10.6 Å². The molecule has 6 heteroatoms. The van der Waals surface area contributed by atoms with Crippen molar-refractivity contribution in [3.05, 3.63) is 65.4 Å². The lowest BCUT2D eigenvalue weighted by Gasteiger charge is -1.99. The largest absolute Gasteiger partial charge is 0.254 e. The van der Waals surface area contributed by atoms with Crippen molar-refractivity contribution in [3.63, 3.8) is 0 Å². The molecule has 106 valence electrons. The summed E-state index contributed by atoms with van der Waals surface area (Å²) in [6.45, 7) is 0. The Labute approximate surface area is 127 Å². The highest BCUT2D eigenvalue weighted by Crippen LogP contribution is 2.24. The van der Waals surface area contributed by atoms with E-state index in [2.05, 4.69) is 10.2 Å². The van der Waals surface area contributed by atoms with Crippen molar-refractivity contribution in [3.8, 4) is 10.6 Å². The normalized spacial score (nSPS) is 12.2. The van der Waals surface area contributed by atoms with E-state index in [1.165, 1.54) is 23.5 Å². The fourth-order valence-electron chi connectivity index (χ4n) is 1.81. The third-order valence-electron chi connectivity index (χ3n) is 2.80. The standard InChI is InChI=1S/C15H11FN2OS2/c16-12-7-4-8-13(9-12)21(19)10-14-17-18-15(20-14)11-5-2-1-3-6-11/h1-9H,10H2/t21-/m0/s1. The second-order valence-electron chi connectivity index (χ2n) is 4.31. The molecule has 0 aliphatic heterocycles. The molecule has 2 aromatic carbocycles. The van der Waals surface area contributed by atoms with Gasteiger partial charge >= 0.3 is 0 Å². The minimum atomic E-state index is -1.32. The van der Waals surface area contributed by atoms with Gasteiger partial charge in [0.25, 0.3) is 0 Å². The van der Waals surface area contributed by atoms with E-state index in [0.717, 1.165) is 10.6 Å². The molecule has 0 saturated heterocycles. The summed E-state index contributed by atoms with van der Waals surface area (Å²) < 4.78 is 25.3. The first-order valence-electron chi connectivity index (χ1n) is 6.24. The van der Waals surface area contributed by atoms with Crippen molar-refractivity contribution in [2.75, 3.05) is 0 Å². The molecule has 0 spiro atoms. The maximum absolute atomic E-state index is 13.1. The molecule has 0 unspecified atom stereocenters. The zero-order valence-corrected chi connectivity index (χ0v) is 12.5. The van der Waals surface area contributed by atoms with Crippen LogP contribution < -0.4 is 0 Å². The van der Waals surface area contributed by atoms with E-state index in [1.807, 2.05) is 30.3 Å². The van der Waals surface area contributed by atoms with Crippen LogP contribution in [0.1, 0.15) is 5.01 Å². The predicted molar refractivity (Wildman–Crippen MR) is 81.9 cm³/mol. The summed E-state index contributed by atoms with van der Waals surface area (Å²) in [6.07, 6.45) is 0. The molecule has 0 aliphatic rings. The Morgan fingerprint density at radius 1 is 1.05 bits per heavy atom. The fraction of sp³-hybridized carbons (Fsp3) is 0.0667. The van der Waals surface area contributed by atoms with Crippen LogP contribution in [0.5, 0.6) is 0 Å². The van der Waals surface area contributed by atoms with Gasteiger partial charge in [0.1, 0.15) is 15.8 Å². The molecule has 0 saturated carbocycles. The van der Waals surface area contributed by atoms with Crippen LogP contribution in [-0.4, -0.2) is 14.4 Å². The molecule has 1 aromatic heterocycles. The van der Waals surface area contributed by atoms with Gasteiger partial charge in [0.2, 0.25) is 0 Å². The van der Waals surface area contributed by atoms with E-state index in [9.17, 15) is 8.60 Å². The number of hydrogen-bond acceptors (Lipinski definition) is 4. The molecule has 0 amide bonds. The molecule has 1 heterocycles. The first-order chi connectivity index (χ1) is 10.2. The van der Waals surface area contributed by atoms with Gasteiger partial charge in [-0.1, -0.05) is 47.7 Å². The van der Waals surface area contributed by atoms with Crippen LogP contribution in [0.3, 0.4) is 0 Å². The molecule has 0 radical (unpaired) electrons. The van der Waals surface area contributed by atoms with E-state index < -0.39 is 10.8 Å². The number of halogens is 1. The van der Waals surface area contributed by atoms with E-state index in [0.29, 0.717) is 9.90 Å². The third kappa shape index (κ3) is 3.40. The average molecular weight is 318 g/mol. The lowest BCUT2D eigenvalue weighted by Crippen LogP contribution is -1.96. The highest BCUT2D eigenvalue weighted by atomic mass is 32.2. The van der Waals surface area contributed by atoms with Crippen LogP contribution in [-0.2, 0) is 16.6 Å². The van der Waals surface area contributed by atoms with Gasteiger partial charge in [-0.05, 0) is 18.2 Å². The third-order valence-corrected chi connectivity index (χ3v) is 5.27. The van der Waals surface area contributed by atoms with Gasteiger partial charge < -0.3 is 0 Å². The lowest BCUT2D eigenvalue weighted by molar-refractivity contribution is 0.622. The van der Waals surface area contributed by atoms with Crippen molar-refractivity contribution in [2.24, 2.45) is 0 Å². The lowest BCUT2D eigenvalue weighted by atomic mass is 10.2. The van der Waals surface area contributed by atoms with Gasteiger partial charge in [-0.2, -0.15) is 0 Å². The summed E-state index contributed by atoms with van der Waals surface area (Å²) in [5.41, 5.74) is 0.984. The Balaban J connectivity index is 1.77. The van der Waals surface area contributed by atoms with Crippen molar-refractivity contribution in [1.82, 2.24) is 10.2 Å². The highest BCUT2D eigenvalue weighted by molar-refractivity contribution is 7.84. The molecule has 0 bridgehead atoms. The summed E-state index contributed by atoms with van der Waals surface area (Å²) in [5, 5.41) is 9.64. The molecule has 3 rings (SSSR count). The van der Waals surface area contributed by atoms with Gasteiger partial charge in [-0.25, -0.2) is 4.39 Å². The molecule has 3 aromatic rings. The zero-order valence-electron chi connectivity index (χ0n) is 10.9. The van der Waals surface area contributed by atoms with Gasteiger partial charge in [0, 0.05) is 10.5 Å². The predicted octanol–water partition coefficient (Wildman–Crippen LogP) is 3.65. The molecule has 0 fully saturated rings. The van der Waals surface area contributed by atoms with Crippen LogP contribution in [0.2, 0.25) is 0 Å². The summed E-state index contributed by atoms with van der Waals surface area (Å²) in [6, 6.07) is 15.5. The first kappa shape index (κ1) is 14.0. The maximum Gasteiger partial charge on any atom is 0.147 e. The molecule has 21 heavy (non-hydrogen) atoms. The minimum absolute atomic E-state index is 0.244. The van der Waals surface area contributed by atoms with Gasteiger partial charge in [-0.3, -0.25) is 4.21 Å². The smallest absolute Gasteiger partial charge is 0.147 e. The van der Waals surface area contributed by atoms with E-state index in [-0.39, 0.29) is 11.6 Å². The number of hydrogen-bond donors (Lipinski definition) is 0. The van der Waals surface area contributed by atoms with Crippen molar-refractivity contribution < 1.29 is 8.60 Å². The number of aromatic nitrogens is 2. The van der Waals surface area contributed by atoms with Crippen LogP contribution in [0.15, 0.2) is 59.5 Å². The average Bonchev–Trinajstić information content (AvgIpc) is 2.97. The van der Waals surface area contributed by atoms with Crippen LogP contribution >= 0.6 is 11.3 Å². The summed E-state index contributed by atoms with van der Waals surface area (Å²) in [4.78, 5) is 0.464. The van der Waals surface area contributed by atoms with Crippen molar-refractivity contribution in [1.29, 1.82) is 0 Å². The number of benzene rings is 2. The number of rotatable bonds is 4. The van der Waals surface area contributed by atoms with Crippen molar-refractivity contribution >= 4 is 22.1 Å². The zero-order chi connectivity index (χ0) is 14.7. The molecular formula is C15H11FN2OS2. The second kappa shape index (κ2) is 6.24. The molecule has 1 atom stereocenters. The SMILES string of the molecule is O=[S@@](Cc1nnc(-c2ccccc2)s1)c1cccc(F)c1. The minimum Gasteiger partial charge on any atom is -0.254 e. The fourth-order valence-corrected chi connectivity index (χ4v) is 3.93. The topological polar surface area (TPSA) is 42.9 Å².